The highest BCUT2D eigenvalue weighted by Crippen LogP contribution is 2.46. The summed E-state index contributed by atoms with van der Waals surface area (Å²) in [6.45, 7) is 4.59. The van der Waals surface area contributed by atoms with E-state index in [2.05, 4.69) is 23.8 Å². The third kappa shape index (κ3) is 2.61. The zero-order valence-corrected chi connectivity index (χ0v) is 11.4. The van der Waals surface area contributed by atoms with Crippen molar-refractivity contribution in [1.29, 1.82) is 0 Å². The van der Waals surface area contributed by atoms with Gasteiger partial charge in [-0.15, -0.1) is 0 Å². The molecule has 1 heterocycles. The minimum Gasteiger partial charge on any atom is -0.370 e. The second-order valence-corrected chi connectivity index (χ2v) is 5.95. The lowest BCUT2D eigenvalue weighted by Crippen LogP contribution is -2.37. The highest BCUT2D eigenvalue weighted by molar-refractivity contribution is 6.29. The molecule has 1 saturated carbocycles. The first-order valence-corrected chi connectivity index (χ1v) is 6.39. The normalized spacial score (nSPS) is 22.4. The molecule has 0 radical (unpaired) electrons. The Morgan fingerprint density at radius 3 is 2.41 bits per heavy atom. The van der Waals surface area contributed by atoms with Gasteiger partial charge in [0.25, 0.3) is 0 Å². The van der Waals surface area contributed by atoms with Crippen LogP contribution in [0.1, 0.15) is 45.4 Å². The Kier molecular flexibility index (Phi) is 3.41. The lowest BCUT2D eigenvalue weighted by Gasteiger charge is -2.41. The fraction of sp³-hybridized carbons (Fsp3) is 0.692. The molecular weight excluding hydrogens is 236 g/mol. The van der Waals surface area contributed by atoms with Gasteiger partial charge in [0.1, 0.15) is 10.8 Å². The quantitative estimate of drug-likeness (QED) is 0.757. The van der Waals surface area contributed by atoms with Gasteiger partial charge in [-0.05, 0) is 37.2 Å². The monoisotopic (exact) mass is 254 g/mol. The molecule has 0 spiro atoms. The molecule has 4 heteroatoms. The van der Waals surface area contributed by atoms with E-state index in [9.17, 15) is 0 Å². The van der Waals surface area contributed by atoms with E-state index >= 15 is 0 Å². The summed E-state index contributed by atoms with van der Waals surface area (Å²) in [7, 11) is 1.74. The van der Waals surface area contributed by atoms with E-state index in [1.807, 2.05) is 0 Å². The third-order valence-corrected chi connectivity index (χ3v) is 4.04. The maximum absolute atomic E-state index is 5.93. The van der Waals surface area contributed by atoms with Crippen molar-refractivity contribution in [2.24, 2.45) is 5.41 Å². The molecule has 17 heavy (non-hydrogen) atoms. The standard InChI is InChI=1S/C13H19ClN2O/c1-12(2)5-7-13(17-3,8-6-12)11-15-9-4-10(14)16-11/h4,9H,5-8H2,1-3H3. The van der Waals surface area contributed by atoms with Crippen molar-refractivity contribution in [3.63, 3.8) is 0 Å². The molecule has 0 unspecified atom stereocenters. The van der Waals surface area contributed by atoms with Gasteiger partial charge in [-0.1, -0.05) is 25.4 Å². The Morgan fingerprint density at radius 1 is 1.24 bits per heavy atom. The van der Waals surface area contributed by atoms with Gasteiger partial charge in [-0.3, -0.25) is 0 Å². The molecule has 0 saturated heterocycles. The van der Waals surface area contributed by atoms with Gasteiger partial charge in [-0.2, -0.15) is 0 Å². The molecule has 0 aliphatic heterocycles. The summed E-state index contributed by atoms with van der Waals surface area (Å²) in [6, 6.07) is 1.70. The Balaban J connectivity index is 2.27. The molecule has 0 bridgehead atoms. The SMILES string of the molecule is COC1(c2nccc(Cl)n2)CCC(C)(C)CC1. The van der Waals surface area contributed by atoms with E-state index in [1.165, 1.54) is 0 Å². The van der Waals surface area contributed by atoms with Crippen molar-refractivity contribution in [3.8, 4) is 0 Å². The molecule has 1 aromatic heterocycles. The van der Waals surface area contributed by atoms with E-state index in [0.717, 1.165) is 31.5 Å². The van der Waals surface area contributed by atoms with E-state index in [1.54, 1.807) is 19.4 Å². The number of hydrogen-bond acceptors (Lipinski definition) is 3. The van der Waals surface area contributed by atoms with Gasteiger partial charge in [0.15, 0.2) is 5.82 Å². The lowest BCUT2D eigenvalue weighted by molar-refractivity contribution is -0.0729. The number of nitrogens with zero attached hydrogens (tertiary/aromatic N) is 2. The van der Waals surface area contributed by atoms with Crippen molar-refractivity contribution < 1.29 is 4.74 Å². The first kappa shape index (κ1) is 12.8. The smallest absolute Gasteiger partial charge is 0.161 e. The number of ether oxygens (including phenoxy) is 1. The van der Waals surface area contributed by atoms with Crippen LogP contribution in [0.5, 0.6) is 0 Å². The van der Waals surface area contributed by atoms with Crippen LogP contribution in [0, 0.1) is 5.41 Å². The average molecular weight is 255 g/mol. The summed E-state index contributed by atoms with van der Waals surface area (Å²) in [5.41, 5.74) is 0.0427. The summed E-state index contributed by atoms with van der Waals surface area (Å²) in [5.74, 6) is 0.725. The van der Waals surface area contributed by atoms with Crippen LogP contribution < -0.4 is 0 Å². The fourth-order valence-electron chi connectivity index (χ4n) is 2.41. The maximum atomic E-state index is 5.93. The van der Waals surface area contributed by atoms with Gasteiger partial charge >= 0.3 is 0 Å². The zero-order valence-electron chi connectivity index (χ0n) is 10.7. The molecule has 1 fully saturated rings. The second-order valence-electron chi connectivity index (χ2n) is 5.57. The summed E-state index contributed by atoms with van der Waals surface area (Å²) in [4.78, 5) is 8.65. The molecule has 1 aromatic rings. The van der Waals surface area contributed by atoms with Crippen LogP contribution in [-0.4, -0.2) is 17.1 Å². The Hall–Kier alpha value is -0.670. The molecular formula is C13H19ClN2O. The number of hydrogen-bond donors (Lipinski definition) is 0. The van der Waals surface area contributed by atoms with Crippen LogP contribution in [0.2, 0.25) is 5.15 Å². The van der Waals surface area contributed by atoms with Crippen molar-refractivity contribution in [2.75, 3.05) is 7.11 Å². The second kappa shape index (κ2) is 4.54. The minimum absolute atomic E-state index is 0.347. The summed E-state index contributed by atoms with van der Waals surface area (Å²) in [5, 5.41) is 0.483. The van der Waals surface area contributed by atoms with Crippen LogP contribution in [0.4, 0.5) is 0 Å². The predicted octanol–water partition coefficient (Wildman–Crippen LogP) is 3.57. The van der Waals surface area contributed by atoms with Crippen molar-refractivity contribution in [3.05, 3.63) is 23.2 Å². The molecule has 0 amide bonds. The minimum atomic E-state index is -0.347. The van der Waals surface area contributed by atoms with E-state index in [4.69, 9.17) is 16.3 Å². The molecule has 0 atom stereocenters. The van der Waals surface area contributed by atoms with Gasteiger partial charge in [-0.25, -0.2) is 9.97 Å². The van der Waals surface area contributed by atoms with Gasteiger partial charge in [0, 0.05) is 13.3 Å². The van der Waals surface area contributed by atoms with Crippen LogP contribution in [0.3, 0.4) is 0 Å². The molecule has 0 N–H and O–H groups in total. The van der Waals surface area contributed by atoms with Crippen LogP contribution in [0.25, 0.3) is 0 Å². The van der Waals surface area contributed by atoms with Gasteiger partial charge in [0.2, 0.25) is 0 Å². The van der Waals surface area contributed by atoms with Crippen LogP contribution >= 0.6 is 11.6 Å². The van der Waals surface area contributed by atoms with Gasteiger partial charge in [0.05, 0.1) is 0 Å². The molecule has 1 aliphatic carbocycles. The average Bonchev–Trinajstić information content (AvgIpc) is 2.30. The zero-order chi connectivity index (χ0) is 12.5. The predicted molar refractivity (Wildman–Crippen MR) is 68.0 cm³/mol. The molecule has 2 rings (SSSR count). The molecule has 3 nitrogen and oxygen atoms in total. The Bertz CT molecular complexity index is 396. The number of rotatable bonds is 2. The van der Waals surface area contributed by atoms with Crippen molar-refractivity contribution in [1.82, 2.24) is 9.97 Å². The van der Waals surface area contributed by atoms with E-state index in [-0.39, 0.29) is 5.60 Å². The van der Waals surface area contributed by atoms with Crippen LogP contribution in [-0.2, 0) is 10.3 Å². The van der Waals surface area contributed by atoms with Gasteiger partial charge < -0.3 is 4.74 Å². The van der Waals surface area contributed by atoms with Crippen molar-refractivity contribution >= 4 is 11.6 Å². The third-order valence-electron chi connectivity index (χ3n) is 3.83. The Labute approximate surface area is 108 Å². The number of halogens is 1. The largest absolute Gasteiger partial charge is 0.370 e. The highest BCUT2D eigenvalue weighted by Gasteiger charge is 2.42. The lowest BCUT2D eigenvalue weighted by atomic mass is 9.70. The topological polar surface area (TPSA) is 35.0 Å². The molecule has 1 aliphatic rings. The molecule has 0 aromatic carbocycles. The Morgan fingerprint density at radius 2 is 1.88 bits per heavy atom. The van der Waals surface area contributed by atoms with Crippen molar-refractivity contribution in [2.45, 2.75) is 45.1 Å². The fourth-order valence-corrected chi connectivity index (χ4v) is 2.54. The van der Waals surface area contributed by atoms with E-state index in [0.29, 0.717) is 10.6 Å². The summed E-state index contributed by atoms with van der Waals surface area (Å²) < 4.78 is 5.73. The number of aromatic nitrogens is 2. The summed E-state index contributed by atoms with van der Waals surface area (Å²) >= 11 is 5.93. The maximum Gasteiger partial charge on any atom is 0.161 e. The summed E-state index contributed by atoms with van der Waals surface area (Å²) in [6.07, 6.45) is 5.85. The van der Waals surface area contributed by atoms with E-state index < -0.39 is 0 Å². The molecule has 94 valence electrons. The van der Waals surface area contributed by atoms with Crippen LogP contribution in [0.15, 0.2) is 12.3 Å². The first-order valence-electron chi connectivity index (χ1n) is 6.02. The first-order chi connectivity index (χ1) is 7.97. The number of methoxy groups -OCH3 is 1. The highest BCUT2D eigenvalue weighted by atomic mass is 35.5.